The van der Waals surface area contributed by atoms with Crippen molar-refractivity contribution in [1.82, 2.24) is 4.98 Å². The Labute approximate surface area is 112 Å². The number of fused-ring (bicyclic) bond motifs is 1. The number of oxazole rings is 1. The van der Waals surface area contributed by atoms with Crippen LogP contribution in [-0.4, -0.2) is 11.5 Å². The molecule has 0 aliphatic carbocycles. The fraction of sp³-hybridized carbons (Fsp3) is 0.500. The molecule has 0 amide bonds. The van der Waals surface area contributed by atoms with Crippen molar-refractivity contribution in [3.8, 4) is 0 Å². The summed E-state index contributed by atoms with van der Waals surface area (Å²) in [7, 11) is 0. The molecule has 0 bridgehead atoms. The van der Waals surface area contributed by atoms with Crippen LogP contribution in [0.3, 0.4) is 0 Å². The van der Waals surface area contributed by atoms with Gasteiger partial charge in [-0.1, -0.05) is 24.4 Å². The lowest BCUT2D eigenvalue weighted by Crippen LogP contribution is -1.97. The fourth-order valence-corrected chi connectivity index (χ4v) is 2.35. The van der Waals surface area contributed by atoms with Gasteiger partial charge in [0.25, 0.3) is 0 Å². The van der Waals surface area contributed by atoms with Crippen LogP contribution < -0.4 is 5.73 Å². The number of unbranched alkanes of at least 4 members (excludes halogenated alkanes) is 3. The number of aryl methyl sites for hydroxylation is 2. The predicted molar refractivity (Wildman–Crippen MR) is 75.0 cm³/mol. The zero-order valence-electron chi connectivity index (χ0n) is 10.7. The van der Waals surface area contributed by atoms with Crippen molar-refractivity contribution in [2.45, 2.75) is 39.0 Å². The lowest BCUT2D eigenvalue weighted by Gasteiger charge is -1.96. The third kappa shape index (κ3) is 3.24. The summed E-state index contributed by atoms with van der Waals surface area (Å²) in [6.45, 7) is 2.77. The third-order valence-corrected chi connectivity index (χ3v) is 3.25. The van der Waals surface area contributed by atoms with Crippen LogP contribution in [0.4, 0.5) is 0 Å². The highest BCUT2D eigenvalue weighted by atomic mass is 35.5. The lowest BCUT2D eigenvalue weighted by atomic mass is 10.1. The molecular formula is C14H19ClN2O. The maximum absolute atomic E-state index is 6.00. The summed E-state index contributed by atoms with van der Waals surface area (Å²) >= 11 is 6.00. The first-order chi connectivity index (χ1) is 8.70. The summed E-state index contributed by atoms with van der Waals surface area (Å²) < 4.78 is 5.77. The minimum Gasteiger partial charge on any atom is -0.440 e. The van der Waals surface area contributed by atoms with E-state index in [4.69, 9.17) is 21.8 Å². The van der Waals surface area contributed by atoms with Crippen molar-refractivity contribution in [2.75, 3.05) is 6.54 Å². The molecule has 3 nitrogen and oxygen atoms in total. The first-order valence-corrected chi connectivity index (χ1v) is 6.84. The van der Waals surface area contributed by atoms with Crippen molar-refractivity contribution >= 4 is 22.7 Å². The van der Waals surface area contributed by atoms with Crippen molar-refractivity contribution in [1.29, 1.82) is 0 Å². The van der Waals surface area contributed by atoms with Crippen molar-refractivity contribution in [2.24, 2.45) is 5.73 Å². The van der Waals surface area contributed by atoms with Crippen molar-refractivity contribution < 1.29 is 4.42 Å². The van der Waals surface area contributed by atoms with Gasteiger partial charge in [-0.3, -0.25) is 0 Å². The van der Waals surface area contributed by atoms with Crippen LogP contribution >= 0.6 is 11.6 Å². The number of benzene rings is 1. The molecule has 18 heavy (non-hydrogen) atoms. The largest absolute Gasteiger partial charge is 0.440 e. The molecule has 0 radical (unpaired) electrons. The third-order valence-electron chi connectivity index (χ3n) is 3.03. The van der Waals surface area contributed by atoms with Gasteiger partial charge in [-0.2, -0.15) is 0 Å². The Bertz CT molecular complexity index is 522. The SMILES string of the molecule is Cc1cc(Cl)cc2nc(CCCCCCN)oc12. The van der Waals surface area contributed by atoms with Crippen LogP contribution in [0, 0.1) is 6.92 Å². The van der Waals surface area contributed by atoms with Gasteiger partial charge in [0.2, 0.25) is 0 Å². The molecule has 0 saturated heterocycles. The van der Waals surface area contributed by atoms with Crippen molar-refractivity contribution in [3.05, 3.63) is 28.6 Å². The van der Waals surface area contributed by atoms with Crippen LogP contribution in [-0.2, 0) is 6.42 Å². The second-order valence-electron chi connectivity index (χ2n) is 4.63. The van der Waals surface area contributed by atoms with Gasteiger partial charge in [-0.05, 0) is 44.0 Å². The van der Waals surface area contributed by atoms with Crippen LogP contribution in [0.25, 0.3) is 11.1 Å². The molecule has 4 heteroatoms. The Morgan fingerprint density at radius 3 is 2.78 bits per heavy atom. The molecule has 2 N–H and O–H groups in total. The van der Waals surface area contributed by atoms with E-state index in [1.165, 1.54) is 12.8 Å². The smallest absolute Gasteiger partial charge is 0.195 e. The van der Waals surface area contributed by atoms with E-state index in [9.17, 15) is 0 Å². The Balaban J connectivity index is 2.00. The fourth-order valence-electron chi connectivity index (χ4n) is 2.08. The van der Waals surface area contributed by atoms with Crippen molar-refractivity contribution in [3.63, 3.8) is 0 Å². The van der Waals surface area contributed by atoms with Gasteiger partial charge in [0, 0.05) is 11.4 Å². The molecule has 0 saturated carbocycles. The van der Waals surface area contributed by atoms with Crippen LogP contribution in [0.2, 0.25) is 5.02 Å². The number of hydrogen-bond donors (Lipinski definition) is 1. The normalized spacial score (nSPS) is 11.3. The molecule has 1 heterocycles. The zero-order valence-corrected chi connectivity index (χ0v) is 11.5. The van der Waals surface area contributed by atoms with Gasteiger partial charge >= 0.3 is 0 Å². The van der Waals surface area contributed by atoms with E-state index in [-0.39, 0.29) is 0 Å². The predicted octanol–water partition coefficient (Wildman–Crippen LogP) is 3.85. The van der Waals surface area contributed by atoms with Gasteiger partial charge in [0.1, 0.15) is 5.52 Å². The van der Waals surface area contributed by atoms with Crippen LogP contribution in [0.15, 0.2) is 16.5 Å². The average Bonchev–Trinajstić information content (AvgIpc) is 2.72. The highest BCUT2D eigenvalue weighted by Crippen LogP contribution is 2.24. The van der Waals surface area contributed by atoms with Gasteiger partial charge in [0.15, 0.2) is 11.5 Å². The van der Waals surface area contributed by atoms with Gasteiger partial charge in [-0.15, -0.1) is 0 Å². The van der Waals surface area contributed by atoms with Gasteiger partial charge in [0.05, 0.1) is 0 Å². The first kappa shape index (κ1) is 13.4. The number of hydrogen-bond acceptors (Lipinski definition) is 3. The minimum absolute atomic E-state index is 0.711. The number of nitrogens with two attached hydrogens (primary N) is 1. The standard InChI is InChI=1S/C14H19ClN2O/c1-10-8-11(15)9-12-14(10)18-13(17-12)6-4-2-3-5-7-16/h8-9H,2-7,16H2,1H3. The summed E-state index contributed by atoms with van der Waals surface area (Å²) in [6.07, 6.45) is 5.44. The Kier molecular flexibility index (Phi) is 4.61. The van der Waals surface area contributed by atoms with Gasteiger partial charge < -0.3 is 10.2 Å². The zero-order chi connectivity index (χ0) is 13.0. The van der Waals surface area contributed by atoms with Gasteiger partial charge in [-0.25, -0.2) is 4.98 Å². The molecule has 0 spiro atoms. The van der Waals surface area contributed by atoms with E-state index < -0.39 is 0 Å². The maximum atomic E-state index is 6.00. The Hall–Kier alpha value is -1.06. The van der Waals surface area contributed by atoms with Crippen LogP contribution in [0.5, 0.6) is 0 Å². The molecule has 2 rings (SSSR count). The molecule has 98 valence electrons. The highest BCUT2D eigenvalue weighted by molar-refractivity contribution is 6.31. The molecule has 0 unspecified atom stereocenters. The Morgan fingerprint density at radius 2 is 2.00 bits per heavy atom. The minimum atomic E-state index is 0.711. The average molecular weight is 267 g/mol. The monoisotopic (exact) mass is 266 g/mol. The van der Waals surface area contributed by atoms with E-state index >= 15 is 0 Å². The van der Waals surface area contributed by atoms with E-state index in [1.807, 2.05) is 19.1 Å². The number of aromatic nitrogens is 1. The molecule has 0 atom stereocenters. The number of halogens is 1. The molecule has 2 aromatic rings. The highest BCUT2D eigenvalue weighted by Gasteiger charge is 2.08. The molecule has 0 fully saturated rings. The maximum Gasteiger partial charge on any atom is 0.195 e. The summed E-state index contributed by atoms with van der Waals surface area (Å²) in [5.74, 6) is 0.808. The molecule has 1 aromatic heterocycles. The topological polar surface area (TPSA) is 52.0 Å². The van der Waals surface area contributed by atoms with E-state index in [0.29, 0.717) is 5.02 Å². The second-order valence-corrected chi connectivity index (χ2v) is 5.07. The van der Waals surface area contributed by atoms with Crippen LogP contribution in [0.1, 0.15) is 37.1 Å². The molecule has 1 aromatic carbocycles. The molecule has 0 aliphatic heterocycles. The molecular weight excluding hydrogens is 248 g/mol. The molecule has 0 aliphatic rings. The summed E-state index contributed by atoms with van der Waals surface area (Å²) in [5, 5.41) is 0.711. The van der Waals surface area contributed by atoms with E-state index in [2.05, 4.69) is 4.98 Å². The summed E-state index contributed by atoms with van der Waals surface area (Å²) in [6, 6.07) is 3.76. The number of nitrogens with zero attached hydrogens (tertiary/aromatic N) is 1. The number of rotatable bonds is 6. The quantitative estimate of drug-likeness (QED) is 0.808. The Morgan fingerprint density at radius 1 is 1.22 bits per heavy atom. The summed E-state index contributed by atoms with van der Waals surface area (Å²) in [4.78, 5) is 4.48. The summed E-state index contributed by atoms with van der Waals surface area (Å²) in [5.41, 5.74) is 8.22. The lowest BCUT2D eigenvalue weighted by molar-refractivity contribution is 0.507. The second kappa shape index (κ2) is 6.21. The van der Waals surface area contributed by atoms with E-state index in [0.717, 1.165) is 48.4 Å². The first-order valence-electron chi connectivity index (χ1n) is 6.46. The van der Waals surface area contributed by atoms with E-state index in [1.54, 1.807) is 0 Å².